The molecule has 2 aliphatic rings. The van der Waals surface area contributed by atoms with Crippen molar-refractivity contribution < 1.29 is 18.3 Å². The highest BCUT2D eigenvalue weighted by Gasteiger charge is 2.45. The molecule has 0 saturated carbocycles. The molecular weight excluding hydrogens is 378 g/mol. The first-order valence-electron chi connectivity index (χ1n) is 9.97. The number of unbranched alkanes of at least 4 members (excludes halogenated alkanes) is 1. The number of β-amino-alcohol motifs (C(OH)–C–C–N with tert-alkyl or cyclic N) is 1. The molecule has 1 aromatic carbocycles. The Hall–Kier alpha value is -1.66. The van der Waals surface area contributed by atoms with Crippen molar-refractivity contribution in [1.29, 1.82) is 5.26 Å². The third-order valence-corrected chi connectivity index (χ3v) is 7.51. The van der Waals surface area contributed by atoms with Gasteiger partial charge in [0.2, 0.25) is 10.0 Å². The summed E-state index contributed by atoms with van der Waals surface area (Å²) in [5.41, 5.74) is 0.565. The number of aliphatic hydroxyl groups is 1. The zero-order chi connectivity index (χ0) is 20.1. The Balaban J connectivity index is 1.49. The maximum absolute atomic E-state index is 12.7. The monoisotopic (exact) mass is 407 g/mol. The molecule has 7 nitrogen and oxygen atoms in total. The molecule has 1 N–H and O–H groups in total. The molecule has 3 unspecified atom stereocenters. The topological polar surface area (TPSA) is 93.9 Å². The number of hydrogen-bond donors (Lipinski definition) is 1. The van der Waals surface area contributed by atoms with Gasteiger partial charge in [0.25, 0.3) is 0 Å². The highest BCUT2D eigenvalue weighted by atomic mass is 32.2. The van der Waals surface area contributed by atoms with Gasteiger partial charge in [0.15, 0.2) is 0 Å². The van der Waals surface area contributed by atoms with E-state index in [2.05, 4.69) is 11.0 Å². The summed E-state index contributed by atoms with van der Waals surface area (Å²) in [6.45, 7) is 3.96. The van der Waals surface area contributed by atoms with Crippen molar-refractivity contribution in [3.8, 4) is 11.8 Å². The minimum absolute atomic E-state index is 0.0206. The number of likely N-dealkylation sites (tertiary alicyclic amines) is 1. The molecule has 3 atom stereocenters. The molecule has 0 aromatic heterocycles. The van der Waals surface area contributed by atoms with Crippen molar-refractivity contribution >= 4 is 10.0 Å². The van der Waals surface area contributed by atoms with Gasteiger partial charge in [0, 0.05) is 31.7 Å². The minimum Gasteiger partial charge on any atom is -0.491 e. The summed E-state index contributed by atoms with van der Waals surface area (Å²) in [4.78, 5) is 2.15. The van der Waals surface area contributed by atoms with E-state index in [0.29, 0.717) is 37.4 Å². The molecule has 154 valence electrons. The number of benzene rings is 1. The Morgan fingerprint density at radius 2 is 1.89 bits per heavy atom. The van der Waals surface area contributed by atoms with Crippen LogP contribution in [0.1, 0.15) is 38.2 Å². The largest absolute Gasteiger partial charge is 0.491 e. The number of piperazine rings is 1. The van der Waals surface area contributed by atoms with Crippen molar-refractivity contribution in [3.63, 3.8) is 0 Å². The van der Waals surface area contributed by atoms with Crippen LogP contribution in [0, 0.1) is 11.3 Å². The summed E-state index contributed by atoms with van der Waals surface area (Å²) in [5.74, 6) is 0.849. The first-order chi connectivity index (χ1) is 13.4. The van der Waals surface area contributed by atoms with Gasteiger partial charge in [-0.2, -0.15) is 9.57 Å². The normalized spacial score (nSPS) is 24.0. The predicted octanol–water partition coefficient (Wildman–Crippen LogP) is 1.58. The van der Waals surface area contributed by atoms with E-state index >= 15 is 0 Å². The molecule has 0 aliphatic carbocycles. The van der Waals surface area contributed by atoms with Gasteiger partial charge in [0.1, 0.15) is 18.5 Å². The quantitative estimate of drug-likeness (QED) is 0.668. The molecular formula is C20H29N3O4S. The van der Waals surface area contributed by atoms with Crippen LogP contribution in [-0.4, -0.2) is 72.9 Å². The van der Waals surface area contributed by atoms with Crippen molar-refractivity contribution in [2.45, 2.75) is 50.8 Å². The molecule has 0 amide bonds. The fraction of sp³-hybridized carbons (Fsp3) is 0.650. The number of aliphatic hydroxyl groups excluding tert-OH is 1. The van der Waals surface area contributed by atoms with E-state index in [1.807, 2.05) is 6.92 Å². The Kier molecular flexibility index (Phi) is 6.94. The van der Waals surface area contributed by atoms with Crippen molar-refractivity contribution in [2.75, 3.05) is 32.0 Å². The summed E-state index contributed by atoms with van der Waals surface area (Å²) >= 11 is 0. The van der Waals surface area contributed by atoms with E-state index in [1.54, 1.807) is 28.6 Å². The van der Waals surface area contributed by atoms with E-state index in [-0.39, 0.29) is 24.4 Å². The van der Waals surface area contributed by atoms with Crippen LogP contribution in [0.15, 0.2) is 24.3 Å². The molecule has 8 heteroatoms. The van der Waals surface area contributed by atoms with Crippen LogP contribution < -0.4 is 4.74 Å². The van der Waals surface area contributed by atoms with Gasteiger partial charge in [-0.15, -0.1) is 0 Å². The second-order valence-corrected chi connectivity index (χ2v) is 9.70. The SMILES string of the molecule is CCCCS(=O)(=O)N1C2CCC1CN(CC(O)COc1ccc(C#N)cc1)C2. The number of sulfonamides is 1. The number of fused-ring (bicyclic) bond motifs is 2. The summed E-state index contributed by atoms with van der Waals surface area (Å²) < 4.78 is 32.7. The second kappa shape index (κ2) is 9.23. The Morgan fingerprint density at radius 3 is 2.46 bits per heavy atom. The third-order valence-electron chi connectivity index (χ3n) is 5.46. The van der Waals surface area contributed by atoms with Crippen LogP contribution in [-0.2, 0) is 10.0 Å². The average Bonchev–Trinajstić information content (AvgIpc) is 2.97. The van der Waals surface area contributed by atoms with Gasteiger partial charge < -0.3 is 9.84 Å². The van der Waals surface area contributed by atoms with Gasteiger partial charge in [-0.1, -0.05) is 13.3 Å². The van der Waals surface area contributed by atoms with E-state index in [0.717, 1.165) is 19.3 Å². The highest BCUT2D eigenvalue weighted by molar-refractivity contribution is 7.89. The van der Waals surface area contributed by atoms with Crippen LogP contribution in [0.25, 0.3) is 0 Å². The smallest absolute Gasteiger partial charge is 0.214 e. The summed E-state index contributed by atoms with van der Waals surface area (Å²) in [7, 11) is -3.19. The lowest BCUT2D eigenvalue weighted by atomic mass is 10.2. The fourth-order valence-electron chi connectivity index (χ4n) is 4.16. The number of nitriles is 1. The molecule has 2 fully saturated rings. The number of rotatable bonds is 9. The maximum atomic E-state index is 12.7. The molecule has 3 rings (SSSR count). The minimum atomic E-state index is -3.19. The Labute approximate surface area is 167 Å². The van der Waals surface area contributed by atoms with Crippen LogP contribution >= 0.6 is 0 Å². The lowest BCUT2D eigenvalue weighted by Crippen LogP contribution is -2.57. The maximum Gasteiger partial charge on any atom is 0.214 e. The summed E-state index contributed by atoms with van der Waals surface area (Å²) in [6, 6.07) is 8.88. The summed E-state index contributed by atoms with van der Waals surface area (Å²) in [5, 5.41) is 19.2. The van der Waals surface area contributed by atoms with E-state index in [9.17, 15) is 13.5 Å². The zero-order valence-corrected chi connectivity index (χ0v) is 17.1. The zero-order valence-electron chi connectivity index (χ0n) is 16.3. The second-order valence-electron chi connectivity index (χ2n) is 7.70. The summed E-state index contributed by atoms with van der Waals surface area (Å²) in [6.07, 6.45) is 2.71. The number of hydrogen-bond acceptors (Lipinski definition) is 6. The van der Waals surface area contributed by atoms with Crippen molar-refractivity contribution in [2.24, 2.45) is 0 Å². The first-order valence-corrected chi connectivity index (χ1v) is 11.6. The van der Waals surface area contributed by atoms with Crippen molar-refractivity contribution in [1.82, 2.24) is 9.21 Å². The first kappa shape index (κ1) is 21.1. The van der Waals surface area contributed by atoms with Crippen LogP contribution in [0.4, 0.5) is 0 Å². The van der Waals surface area contributed by atoms with Gasteiger partial charge in [-0.25, -0.2) is 8.42 Å². The van der Waals surface area contributed by atoms with E-state index in [4.69, 9.17) is 10.00 Å². The Bertz CT molecular complexity index is 777. The van der Waals surface area contributed by atoms with Crippen LogP contribution in [0.2, 0.25) is 0 Å². The average molecular weight is 408 g/mol. The standard InChI is InChI=1S/C20H29N3O4S/c1-2-3-10-28(25,26)23-17-6-7-18(23)13-22(12-17)14-19(24)15-27-20-8-4-16(11-21)5-9-20/h4-5,8-9,17-19,24H,2-3,6-7,10,12-15H2,1H3. The molecule has 2 saturated heterocycles. The molecule has 0 radical (unpaired) electrons. The third kappa shape index (κ3) is 5.03. The lowest BCUT2D eigenvalue weighted by molar-refractivity contribution is 0.0423. The molecule has 2 bridgehead atoms. The number of ether oxygens (including phenoxy) is 1. The van der Waals surface area contributed by atoms with E-state index < -0.39 is 16.1 Å². The van der Waals surface area contributed by atoms with Gasteiger partial charge in [-0.05, 0) is 43.5 Å². The van der Waals surface area contributed by atoms with Crippen molar-refractivity contribution in [3.05, 3.63) is 29.8 Å². The van der Waals surface area contributed by atoms with Gasteiger partial charge in [-0.3, -0.25) is 4.90 Å². The van der Waals surface area contributed by atoms with Gasteiger partial charge >= 0.3 is 0 Å². The fourth-order valence-corrected chi connectivity index (χ4v) is 6.27. The van der Waals surface area contributed by atoms with E-state index in [1.165, 1.54) is 0 Å². The van der Waals surface area contributed by atoms with Gasteiger partial charge in [0.05, 0.1) is 17.4 Å². The molecule has 2 aliphatic heterocycles. The molecule has 0 spiro atoms. The molecule has 2 heterocycles. The predicted molar refractivity (Wildman–Crippen MR) is 106 cm³/mol. The number of nitrogens with zero attached hydrogens (tertiary/aromatic N) is 3. The van der Waals surface area contributed by atoms with Crippen LogP contribution in [0.5, 0.6) is 5.75 Å². The Morgan fingerprint density at radius 1 is 1.25 bits per heavy atom. The lowest BCUT2D eigenvalue weighted by Gasteiger charge is -2.40. The van der Waals surface area contributed by atoms with Crippen LogP contribution in [0.3, 0.4) is 0 Å². The molecule has 1 aromatic rings. The molecule has 28 heavy (non-hydrogen) atoms. The highest BCUT2D eigenvalue weighted by Crippen LogP contribution is 2.33.